The first kappa shape index (κ1) is 20.4. The lowest BCUT2D eigenvalue weighted by molar-refractivity contribution is -0.132. The predicted octanol–water partition coefficient (Wildman–Crippen LogP) is 1.82. The Labute approximate surface area is 149 Å². The molecule has 0 saturated heterocycles. The van der Waals surface area contributed by atoms with Crippen molar-refractivity contribution in [3.63, 3.8) is 0 Å². The Bertz CT molecular complexity index is 643. The zero-order chi connectivity index (χ0) is 19.0. The number of nitrogens with zero attached hydrogens (tertiary/aromatic N) is 1. The van der Waals surface area contributed by atoms with E-state index in [9.17, 15) is 14.4 Å². The van der Waals surface area contributed by atoms with Gasteiger partial charge in [-0.15, -0.1) is 0 Å². The summed E-state index contributed by atoms with van der Waals surface area (Å²) in [5, 5.41) is 5.39. The number of carbonyl (C=O) groups excluding carboxylic acids is 3. The summed E-state index contributed by atoms with van der Waals surface area (Å²) in [6.07, 6.45) is 3.10. The number of benzene rings is 1. The maximum atomic E-state index is 12.3. The first-order valence-corrected chi connectivity index (χ1v) is 8.26. The molecule has 2 N–H and O–H groups in total. The van der Waals surface area contributed by atoms with Crippen molar-refractivity contribution in [1.29, 1.82) is 0 Å². The molecule has 136 valence electrons. The molecule has 0 aliphatic carbocycles. The molecule has 3 amide bonds. The smallest absolute Gasteiger partial charge is 0.251 e. The molecule has 6 heteroatoms. The summed E-state index contributed by atoms with van der Waals surface area (Å²) in [5.41, 5.74) is 1.03. The minimum atomic E-state index is -0.331. The molecule has 0 unspecified atom stereocenters. The number of likely N-dealkylation sites (N-methyl/N-ethyl adjacent to an activating group) is 1. The predicted molar refractivity (Wildman–Crippen MR) is 99.0 cm³/mol. The van der Waals surface area contributed by atoms with E-state index in [1.807, 2.05) is 27.7 Å². The van der Waals surface area contributed by atoms with E-state index >= 15 is 0 Å². The van der Waals surface area contributed by atoms with Crippen LogP contribution in [-0.2, 0) is 9.59 Å². The lowest BCUT2D eigenvalue weighted by Crippen LogP contribution is -2.47. The molecular formula is C19H27N3O3. The van der Waals surface area contributed by atoms with Crippen LogP contribution in [0.1, 0.15) is 43.6 Å². The fraction of sp³-hybridized carbons (Fsp3) is 0.421. The molecule has 0 heterocycles. The topological polar surface area (TPSA) is 78.5 Å². The second kappa shape index (κ2) is 9.01. The van der Waals surface area contributed by atoms with Gasteiger partial charge in [-0.3, -0.25) is 14.4 Å². The van der Waals surface area contributed by atoms with Crippen LogP contribution in [0.15, 0.2) is 30.3 Å². The molecule has 0 radical (unpaired) electrons. The maximum Gasteiger partial charge on any atom is 0.251 e. The van der Waals surface area contributed by atoms with E-state index in [1.54, 1.807) is 37.4 Å². The fourth-order valence-corrected chi connectivity index (χ4v) is 2.14. The summed E-state index contributed by atoms with van der Waals surface area (Å²) in [7, 11) is 1.57. The Balaban J connectivity index is 2.70. The summed E-state index contributed by atoms with van der Waals surface area (Å²) >= 11 is 0. The van der Waals surface area contributed by atoms with E-state index in [-0.39, 0.29) is 29.8 Å². The van der Waals surface area contributed by atoms with Gasteiger partial charge in [-0.2, -0.15) is 0 Å². The SMILES string of the molecule is CCN(CC(=O)NC(C)(C)C)C(=O)/C=C/c1ccc(C(=O)NC)cc1. The number of nitrogens with one attached hydrogen (secondary N) is 2. The molecule has 1 rings (SSSR count). The van der Waals surface area contributed by atoms with Gasteiger partial charge in [-0.1, -0.05) is 12.1 Å². The molecule has 0 atom stereocenters. The van der Waals surface area contributed by atoms with Gasteiger partial charge in [0.2, 0.25) is 11.8 Å². The van der Waals surface area contributed by atoms with Gasteiger partial charge in [0.25, 0.3) is 5.91 Å². The van der Waals surface area contributed by atoms with E-state index in [2.05, 4.69) is 10.6 Å². The standard InChI is InChI=1S/C19H27N3O3/c1-6-22(13-16(23)21-19(2,3)4)17(24)12-9-14-7-10-15(11-8-14)18(25)20-5/h7-12H,6,13H2,1-5H3,(H,20,25)(H,21,23)/b12-9+. The van der Waals surface area contributed by atoms with Crippen molar-refractivity contribution in [2.24, 2.45) is 0 Å². The van der Waals surface area contributed by atoms with Crippen LogP contribution < -0.4 is 10.6 Å². The highest BCUT2D eigenvalue weighted by Gasteiger charge is 2.18. The van der Waals surface area contributed by atoms with E-state index in [0.717, 1.165) is 5.56 Å². The summed E-state index contributed by atoms with van der Waals surface area (Å²) in [4.78, 5) is 37.2. The minimum Gasteiger partial charge on any atom is -0.355 e. The fourth-order valence-electron chi connectivity index (χ4n) is 2.14. The van der Waals surface area contributed by atoms with Crippen LogP contribution in [0, 0.1) is 0 Å². The van der Waals surface area contributed by atoms with Crippen LogP contribution in [0.3, 0.4) is 0 Å². The quantitative estimate of drug-likeness (QED) is 0.772. The van der Waals surface area contributed by atoms with Crippen molar-refractivity contribution >= 4 is 23.8 Å². The highest BCUT2D eigenvalue weighted by molar-refractivity contribution is 5.95. The molecular weight excluding hydrogens is 318 g/mol. The average Bonchev–Trinajstić information content (AvgIpc) is 2.55. The second-order valence-electron chi connectivity index (χ2n) is 6.69. The Kier molecular flexibility index (Phi) is 7.36. The molecule has 0 aliphatic rings. The van der Waals surface area contributed by atoms with Crippen LogP contribution in [0.5, 0.6) is 0 Å². The third-order valence-electron chi connectivity index (χ3n) is 3.36. The van der Waals surface area contributed by atoms with Crippen LogP contribution >= 0.6 is 0 Å². The normalized spacial score (nSPS) is 11.2. The summed E-state index contributed by atoms with van der Waals surface area (Å²) in [6, 6.07) is 6.91. The van der Waals surface area contributed by atoms with Gasteiger partial charge in [-0.25, -0.2) is 0 Å². The molecule has 0 aromatic heterocycles. The second-order valence-corrected chi connectivity index (χ2v) is 6.69. The van der Waals surface area contributed by atoms with Gasteiger partial charge in [0.15, 0.2) is 0 Å². The van der Waals surface area contributed by atoms with Crippen molar-refractivity contribution in [3.05, 3.63) is 41.5 Å². The number of hydrogen-bond acceptors (Lipinski definition) is 3. The lowest BCUT2D eigenvalue weighted by atomic mass is 10.1. The van der Waals surface area contributed by atoms with E-state index in [1.165, 1.54) is 11.0 Å². The number of rotatable bonds is 6. The molecule has 0 fully saturated rings. The number of carbonyl (C=O) groups is 3. The van der Waals surface area contributed by atoms with Crippen molar-refractivity contribution in [3.8, 4) is 0 Å². The molecule has 0 bridgehead atoms. The zero-order valence-corrected chi connectivity index (χ0v) is 15.6. The minimum absolute atomic E-state index is 0.0204. The van der Waals surface area contributed by atoms with Crippen molar-refractivity contribution in [2.45, 2.75) is 33.2 Å². The third-order valence-corrected chi connectivity index (χ3v) is 3.36. The molecule has 6 nitrogen and oxygen atoms in total. The van der Waals surface area contributed by atoms with Gasteiger partial charge in [0.1, 0.15) is 0 Å². The van der Waals surface area contributed by atoms with Crippen molar-refractivity contribution < 1.29 is 14.4 Å². The van der Waals surface area contributed by atoms with Crippen LogP contribution in [0.25, 0.3) is 6.08 Å². The Morgan fingerprint density at radius 2 is 1.72 bits per heavy atom. The summed E-state index contributed by atoms with van der Waals surface area (Å²) in [6.45, 7) is 7.97. The highest BCUT2D eigenvalue weighted by atomic mass is 16.2. The van der Waals surface area contributed by atoms with Gasteiger partial charge in [-0.05, 0) is 51.5 Å². The number of hydrogen-bond donors (Lipinski definition) is 2. The van der Waals surface area contributed by atoms with E-state index in [4.69, 9.17) is 0 Å². The third kappa shape index (κ3) is 7.20. The summed E-state index contributed by atoms with van der Waals surface area (Å²) in [5.74, 6) is -0.582. The van der Waals surface area contributed by atoms with Gasteiger partial charge in [0.05, 0.1) is 6.54 Å². The highest BCUT2D eigenvalue weighted by Crippen LogP contribution is 2.07. The average molecular weight is 345 g/mol. The zero-order valence-electron chi connectivity index (χ0n) is 15.6. The molecule has 0 spiro atoms. The van der Waals surface area contributed by atoms with Gasteiger partial charge in [0, 0.05) is 30.8 Å². The maximum absolute atomic E-state index is 12.3. The first-order valence-electron chi connectivity index (χ1n) is 8.26. The van der Waals surface area contributed by atoms with Crippen molar-refractivity contribution in [2.75, 3.05) is 20.1 Å². The Morgan fingerprint density at radius 3 is 2.20 bits per heavy atom. The lowest BCUT2D eigenvalue weighted by Gasteiger charge is -2.24. The Hall–Kier alpha value is -2.63. The van der Waals surface area contributed by atoms with Gasteiger partial charge >= 0.3 is 0 Å². The molecule has 25 heavy (non-hydrogen) atoms. The molecule has 1 aromatic carbocycles. The van der Waals surface area contributed by atoms with Crippen LogP contribution in [0.4, 0.5) is 0 Å². The molecule has 1 aromatic rings. The van der Waals surface area contributed by atoms with Crippen LogP contribution in [0.2, 0.25) is 0 Å². The van der Waals surface area contributed by atoms with Crippen molar-refractivity contribution in [1.82, 2.24) is 15.5 Å². The molecule has 0 aliphatic heterocycles. The van der Waals surface area contributed by atoms with Crippen LogP contribution in [-0.4, -0.2) is 48.3 Å². The summed E-state index contributed by atoms with van der Waals surface area (Å²) < 4.78 is 0. The molecule has 0 saturated carbocycles. The van der Waals surface area contributed by atoms with E-state index < -0.39 is 0 Å². The number of amides is 3. The largest absolute Gasteiger partial charge is 0.355 e. The van der Waals surface area contributed by atoms with E-state index in [0.29, 0.717) is 12.1 Å². The Morgan fingerprint density at radius 1 is 1.12 bits per heavy atom. The first-order chi connectivity index (χ1) is 11.7. The monoisotopic (exact) mass is 345 g/mol. The van der Waals surface area contributed by atoms with Gasteiger partial charge < -0.3 is 15.5 Å².